The van der Waals surface area contributed by atoms with Crippen molar-refractivity contribution in [3.05, 3.63) is 46.5 Å². The lowest BCUT2D eigenvalue weighted by molar-refractivity contribution is 0.339. The van der Waals surface area contributed by atoms with Gasteiger partial charge in [-0.3, -0.25) is 4.72 Å². The van der Waals surface area contributed by atoms with Crippen molar-refractivity contribution in [3.63, 3.8) is 0 Å². The van der Waals surface area contributed by atoms with Crippen LogP contribution in [-0.4, -0.2) is 30.3 Å². The van der Waals surface area contributed by atoms with Gasteiger partial charge in [-0.2, -0.15) is 0 Å². The van der Waals surface area contributed by atoms with Gasteiger partial charge in [0.2, 0.25) is 16.0 Å². The third kappa shape index (κ3) is 3.95. The van der Waals surface area contributed by atoms with Gasteiger partial charge in [0.05, 0.1) is 34.1 Å². The minimum atomic E-state index is -3.64. The van der Waals surface area contributed by atoms with Gasteiger partial charge in [-0.15, -0.1) is 0 Å². The Morgan fingerprint density at radius 2 is 2.00 bits per heavy atom. The van der Waals surface area contributed by atoms with Crippen LogP contribution in [0.3, 0.4) is 0 Å². The van der Waals surface area contributed by atoms with E-state index in [4.69, 9.17) is 17.3 Å². The molecular formula is C18H20ClFN6O2S. The van der Waals surface area contributed by atoms with E-state index >= 15 is 0 Å². The minimum absolute atomic E-state index is 0.0416. The Hall–Kier alpha value is -2.59. The zero-order chi connectivity index (χ0) is 21.0. The summed E-state index contributed by atoms with van der Waals surface area (Å²) in [5, 5.41) is 6.92. The van der Waals surface area contributed by atoms with Crippen LogP contribution in [0.1, 0.15) is 31.0 Å². The molecule has 1 saturated carbocycles. The Morgan fingerprint density at radius 3 is 2.62 bits per heavy atom. The molecular weight excluding hydrogens is 419 g/mol. The number of nitrogens with one attached hydrogen (secondary N) is 3. The van der Waals surface area contributed by atoms with Crippen LogP contribution in [0.25, 0.3) is 11.4 Å². The fourth-order valence-corrected chi connectivity index (χ4v) is 4.36. The zero-order valence-electron chi connectivity index (χ0n) is 15.8. The summed E-state index contributed by atoms with van der Waals surface area (Å²) in [5.74, 6) is -0.164. The van der Waals surface area contributed by atoms with E-state index in [1.54, 1.807) is 6.07 Å². The molecule has 0 bridgehead atoms. The van der Waals surface area contributed by atoms with Crippen molar-refractivity contribution in [2.75, 3.05) is 16.7 Å². The molecule has 5 N–H and O–H groups in total. The number of nitrogens with zero attached hydrogens (tertiary/aromatic N) is 2. The van der Waals surface area contributed by atoms with Gasteiger partial charge in [-0.25, -0.2) is 22.8 Å². The maximum atomic E-state index is 14.4. The van der Waals surface area contributed by atoms with E-state index in [1.165, 1.54) is 12.3 Å². The Morgan fingerprint density at radius 1 is 1.31 bits per heavy atom. The van der Waals surface area contributed by atoms with Crippen molar-refractivity contribution in [1.82, 2.24) is 20.6 Å². The molecule has 154 valence electrons. The van der Waals surface area contributed by atoms with Gasteiger partial charge < -0.3 is 16.4 Å². The average Bonchev–Trinajstić information content (AvgIpc) is 3.41. The highest BCUT2D eigenvalue weighted by molar-refractivity contribution is 7.92. The van der Waals surface area contributed by atoms with Crippen LogP contribution in [0.15, 0.2) is 24.4 Å². The van der Waals surface area contributed by atoms with Gasteiger partial charge in [0.25, 0.3) is 0 Å². The van der Waals surface area contributed by atoms with Crippen LogP contribution in [0.5, 0.6) is 0 Å². The van der Waals surface area contributed by atoms with E-state index in [2.05, 4.69) is 25.3 Å². The van der Waals surface area contributed by atoms with Crippen molar-refractivity contribution in [1.29, 1.82) is 0 Å². The van der Waals surface area contributed by atoms with Crippen LogP contribution in [-0.2, 0) is 10.0 Å². The van der Waals surface area contributed by atoms with Crippen molar-refractivity contribution >= 4 is 44.7 Å². The van der Waals surface area contributed by atoms with E-state index in [1.807, 2.05) is 6.92 Å². The zero-order valence-corrected chi connectivity index (χ0v) is 17.3. The molecule has 0 spiro atoms. The second-order valence-corrected chi connectivity index (χ2v) is 9.59. The average molecular weight is 439 g/mol. The summed E-state index contributed by atoms with van der Waals surface area (Å²) in [6.45, 7) is 2.01. The second-order valence-electron chi connectivity index (χ2n) is 7.47. The predicted molar refractivity (Wildman–Crippen MR) is 111 cm³/mol. The smallest absolute Gasteiger partial charge is 0.229 e. The summed E-state index contributed by atoms with van der Waals surface area (Å²) in [4.78, 5) is 8.18. The molecule has 4 rings (SSSR count). The number of rotatable bonds is 5. The summed E-state index contributed by atoms with van der Waals surface area (Å²) < 4.78 is 40.0. The van der Waals surface area contributed by atoms with Gasteiger partial charge in [-0.05, 0) is 38.0 Å². The van der Waals surface area contributed by atoms with Crippen LogP contribution >= 0.6 is 11.6 Å². The van der Waals surface area contributed by atoms with Crippen LogP contribution in [0, 0.1) is 11.7 Å². The predicted octanol–water partition coefficient (Wildman–Crippen LogP) is 2.37. The number of sulfonamides is 1. The first-order valence-electron chi connectivity index (χ1n) is 8.92. The molecule has 11 heteroatoms. The third-order valence-corrected chi connectivity index (χ3v) is 5.94. The van der Waals surface area contributed by atoms with Crippen molar-refractivity contribution in [2.24, 2.45) is 5.92 Å². The highest BCUT2D eigenvalue weighted by Gasteiger charge is 2.47. The maximum Gasteiger partial charge on any atom is 0.229 e. The Balaban J connectivity index is 1.88. The number of aromatic nitrogens is 2. The van der Waals surface area contributed by atoms with Crippen LogP contribution in [0.4, 0.5) is 16.0 Å². The monoisotopic (exact) mass is 438 g/mol. The molecule has 1 aliphatic carbocycles. The summed E-state index contributed by atoms with van der Waals surface area (Å²) in [6.07, 6.45) is 4.59. The van der Waals surface area contributed by atoms with E-state index in [0.29, 0.717) is 28.6 Å². The standard InChI is InChI=1S/C18H20ClFN6O2S/c1-18(9-3-4-9)24-15(16(25-18)12-5-6-22-17(21)23-12)11-7-10(20)8-13(14(11)19)26-29(2,27)28/h5-9,24-26H,3-4H2,1-2H3,(H2,21,22,23). The van der Waals surface area contributed by atoms with Gasteiger partial charge in [-0.1, -0.05) is 11.6 Å². The molecule has 0 amide bonds. The number of halogens is 2. The first-order valence-corrected chi connectivity index (χ1v) is 11.2. The lowest BCUT2D eigenvalue weighted by Crippen LogP contribution is -2.49. The highest BCUT2D eigenvalue weighted by Crippen LogP contribution is 2.45. The van der Waals surface area contributed by atoms with E-state index < -0.39 is 21.5 Å². The number of benzene rings is 1. The van der Waals surface area contributed by atoms with E-state index in [0.717, 1.165) is 25.2 Å². The van der Waals surface area contributed by atoms with Crippen molar-refractivity contribution < 1.29 is 12.8 Å². The quantitative estimate of drug-likeness (QED) is 0.565. The highest BCUT2D eigenvalue weighted by atomic mass is 35.5. The van der Waals surface area contributed by atoms with E-state index in [-0.39, 0.29) is 16.7 Å². The maximum absolute atomic E-state index is 14.4. The van der Waals surface area contributed by atoms with Gasteiger partial charge in [0.15, 0.2) is 0 Å². The Labute approximate surface area is 172 Å². The molecule has 1 atom stereocenters. The number of nitrogens with two attached hydrogens (primary N) is 1. The molecule has 1 fully saturated rings. The van der Waals surface area contributed by atoms with Gasteiger partial charge >= 0.3 is 0 Å². The van der Waals surface area contributed by atoms with Crippen LogP contribution in [0.2, 0.25) is 5.02 Å². The molecule has 0 radical (unpaired) electrons. The summed E-state index contributed by atoms with van der Waals surface area (Å²) >= 11 is 6.49. The molecule has 0 saturated heterocycles. The number of hydrogen-bond acceptors (Lipinski definition) is 7. The van der Waals surface area contributed by atoms with Crippen LogP contribution < -0.4 is 21.1 Å². The Kier molecular flexibility index (Phi) is 4.58. The fourth-order valence-electron chi connectivity index (χ4n) is 3.49. The number of anilines is 2. The van der Waals surface area contributed by atoms with Gasteiger partial charge in [0.1, 0.15) is 11.5 Å². The SMILES string of the molecule is CC1(C2CC2)NC(c2ccnc(N)n2)=C(c2cc(F)cc(NS(C)(=O)=O)c2Cl)N1. The largest absolute Gasteiger partial charge is 0.368 e. The summed E-state index contributed by atoms with van der Waals surface area (Å²) in [7, 11) is -3.64. The fraction of sp³-hybridized carbons (Fsp3) is 0.333. The first kappa shape index (κ1) is 19.7. The summed E-state index contributed by atoms with van der Waals surface area (Å²) in [5.41, 5.74) is 7.14. The molecule has 1 aromatic carbocycles. The van der Waals surface area contributed by atoms with Gasteiger partial charge in [0, 0.05) is 17.7 Å². The lowest BCUT2D eigenvalue weighted by Gasteiger charge is -2.27. The molecule has 1 unspecified atom stereocenters. The van der Waals surface area contributed by atoms with E-state index in [9.17, 15) is 12.8 Å². The molecule has 1 aromatic heterocycles. The summed E-state index contributed by atoms with van der Waals surface area (Å²) in [6, 6.07) is 3.98. The molecule has 2 aromatic rings. The van der Waals surface area contributed by atoms with Crippen molar-refractivity contribution in [3.8, 4) is 0 Å². The number of hydrogen-bond donors (Lipinski definition) is 4. The Bertz CT molecular complexity index is 1140. The molecule has 29 heavy (non-hydrogen) atoms. The third-order valence-electron chi connectivity index (χ3n) is 4.95. The molecule has 8 nitrogen and oxygen atoms in total. The topological polar surface area (TPSA) is 122 Å². The molecule has 2 aliphatic rings. The minimum Gasteiger partial charge on any atom is -0.368 e. The second kappa shape index (κ2) is 6.74. The lowest BCUT2D eigenvalue weighted by atomic mass is 10.1. The normalized spacial score (nSPS) is 21.7. The van der Waals surface area contributed by atoms with Crippen molar-refractivity contribution in [2.45, 2.75) is 25.4 Å². The molecule has 2 heterocycles. The molecule has 1 aliphatic heterocycles. The first-order chi connectivity index (χ1) is 13.6. The number of nitrogen functional groups attached to an aromatic ring is 1.